The van der Waals surface area contributed by atoms with Crippen LogP contribution < -0.4 is 4.90 Å². The van der Waals surface area contributed by atoms with Crippen molar-refractivity contribution in [3.63, 3.8) is 0 Å². The van der Waals surface area contributed by atoms with Gasteiger partial charge in [0.1, 0.15) is 0 Å². The van der Waals surface area contributed by atoms with E-state index in [4.69, 9.17) is 16.3 Å². The molecule has 0 radical (unpaired) electrons. The van der Waals surface area contributed by atoms with Crippen LogP contribution in [0.2, 0.25) is 5.02 Å². The lowest BCUT2D eigenvalue weighted by Gasteiger charge is -2.37. The summed E-state index contributed by atoms with van der Waals surface area (Å²) in [5.74, 6) is 0.649. The van der Waals surface area contributed by atoms with Gasteiger partial charge in [-0.2, -0.15) is 0 Å². The highest BCUT2D eigenvalue weighted by Crippen LogP contribution is 2.29. The summed E-state index contributed by atoms with van der Waals surface area (Å²) < 4.78 is 5.50. The van der Waals surface area contributed by atoms with E-state index in [1.165, 1.54) is 5.69 Å². The first-order valence-electron chi connectivity index (χ1n) is 9.12. The number of benzene rings is 1. The fourth-order valence-corrected chi connectivity index (χ4v) is 3.76. The van der Waals surface area contributed by atoms with Gasteiger partial charge < -0.3 is 9.64 Å². The molecule has 2 heterocycles. The lowest BCUT2D eigenvalue weighted by atomic mass is 10.0. The highest BCUT2D eigenvalue weighted by Gasteiger charge is 2.22. The Labute approximate surface area is 155 Å². The van der Waals surface area contributed by atoms with Crippen LogP contribution in [0, 0.1) is 5.92 Å². The van der Waals surface area contributed by atoms with E-state index in [-0.39, 0.29) is 0 Å². The van der Waals surface area contributed by atoms with Crippen molar-refractivity contribution in [2.45, 2.75) is 26.3 Å². The molecule has 1 aliphatic heterocycles. The minimum atomic E-state index is 0.458. The van der Waals surface area contributed by atoms with E-state index >= 15 is 0 Å². The zero-order chi connectivity index (χ0) is 17.8. The fourth-order valence-electron chi connectivity index (χ4n) is 3.59. The number of rotatable bonds is 6. The van der Waals surface area contributed by atoms with Crippen molar-refractivity contribution < 1.29 is 4.74 Å². The number of hydrogen-bond donors (Lipinski definition) is 0. The molecule has 1 fully saturated rings. The monoisotopic (exact) mass is 361 g/mol. The summed E-state index contributed by atoms with van der Waals surface area (Å²) in [6.45, 7) is 9.39. The van der Waals surface area contributed by atoms with Crippen molar-refractivity contribution in [3.05, 3.63) is 35.5 Å². The Balaban J connectivity index is 1.87. The summed E-state index contributed by atoms with van der Waals surface area (Å²) in [4.78, 5) is 9.43. The summed E-state index contributed by atoms with van der Waals surface area (Å²) in [7, 11) is 2.21. The van der Waals surface area contributed by atoms with Crippen LogP contribution in [0.3, 0.4) is 0 Å². The first-order valence-corrected chi connectivity index (χ1v) is 9.49. The van der Waals surface area contributed by atoms with Gasteiger partial charge in [-0.3, -0.25) is 9.88 Å². The van der Waals surface area contributed by atoms with E-state index in [1.54, 1.807) is 0 Å². The molecule has 136 valence electrons. The number of likely N-dealkylation sites (N-methyl/N-ethyl adjacent to an activating group) is 1. The third kappa shape index (κ3) is 4.63. The standard InChI is InChI=1S/C20H28ClN3O/c1-15(2)12-17(14-24-8-10-25-11-9-24)23(3)20-6-7-22-19-13-16(21)4-5-18(19)20/h4-7,13,15,17H,8-12,14H2,1-3H3. The molecule has 0 spiro atoms. The predicted octanol–water partition coefficient (Wildman–Crippen LogP) is 4.07. The van der Waals surface area contributed by atoms with Crippen LogP contribution in [0.5, 0.6) is 0 Å². The van der Waals surface area contributed by atoms with Gasteiger partial charge in [-0.15, -0.1) is 0 Å². The number of aromatic nitrogens is 1. The average Bonchev–Trinajstić information content (AvgIpc) is 2.60. The molecule has 1 aromatic carbocycles. The lowest BCUT2D eigenvalue weighted by molar-refractivity contribution is 0.0342. The smallest absolute Gasteiger partial charge is 0.0737 e. The first kappa shape index (κ1) is 18.4. The zero-order valence-electron chi connectivity index (χ0n) is 15.4. The minimum absolute atomic E-state index is 0.458. The summed E-state index contributed by atoms with van der Waals surface area (Å²) in [6, 6.07) is 8.54. The van der Waals surface area contributed by atoms with Gasteiger partial charge in [-0.05, 0) is 36.6 Å². The molecule has 1 unspecified atom stereocenters. The Morgan fingerprint density at radius 3 is 2.72 bits per heavy atom. The van der Waals surface area contributed by atoms with Crippen molar-refractivity contribution in [2.24, 2.45) is 5.92 Å². The Kier molecular flexibility index (Phi) is 6.15. The van der Waals surface area contributed by atoms with Gasteiger partial charge in [-0.25, -0.2) is 0 Å². The molecular weight excluding hydrogens is 334 g/mol. The molecule has 0 bridgehead atoms. The molecule has 0 saturated carbocycles. The third-order valence-electron chi connectivity index (χ3n) is 4.93. The molecule has 25 heavy (non-hydrogen) atoms. The van der Waals surface area contributed by atoms with Crippen LogP contribution in [0.15, 0.2) is 30.5 Å². The number of halogens is 1. The maximum Gasteiger partial charge on any atom is 0.0737 e. The number of morpholine rings is 1. The first-order chi connectivity index (χ1) is 12.0. The number of pyridine rings is 1. The van der Waals surface area contributed by atoms with E-state index in [0.717, 1.165) is 55.2 Å². The second-order valence-electron chi connectivity index (χ2n) is 7.30. The molecule has 1 saturated heterocycles. The average molecular weight is 362 g/mol. The maximum atomic E-state index is 6.14. The fraction of sp³-hybridized carbons (Fsp3) is 0.550. The van der Waals surface area contributed by atoms with E-state index in [9.17, 15) is 0 Å². The molecule has 0 N–H and O–H groups in total. The molecule has 2 aromatic rings. The molecule has 5 heteroatoms. The Bertz CT molecular complexity index is 700. The lowest BCUT2D eigenvalue weighted by Crippen LogP contribution is -2.47. The molecule has 3 rings (SSSR count). The Morgan fingerprint density at radius 1 is 1.24 bits per heavy atom. The summed E-state index contributed by atoms with van der Waals surface area (Å²) in [5, 5.41) is 1.89. The van der Waals surface area contributed by atoms with Gasteiger partial charge in [0.15, 0.2) is 0 Å². The highest BCUT2D eigenvalue weighted by atomic mass is 35.5. The van der Waals surface area contributed by atoms with Crippen LogP contribution in [0.4, 0.5) is 5.69 Å². The SMILES string of the molecule is CC(C)CC(CN1CCOCC1)N(C)c1ccnc2cc(Cl)ccc12. The van der Waals surface area contributed by atoms with Crippen LogP contribution in [0.25, 0.3) is 10.9 Å². The highest BCUT2D eigenvalue weighted by molar-refractivity contribution is 6.31. The summed E-state index contributed by atoms with van der Waals surface area (Å²) >= 11 is 6.14. The van der Waals surface area contributed by atoms with Crippen LogP contribution >= 0.6 is 11.6 Å². The summed E-state index contributed by atoms with van der Waals surface area (Å²) in [5.41, 5.74) is 2.17. The van der Waals surface area contributed by atoms with Crippen molar-refractivity contribution in [1.29, 1.82) is 0 Å². The van der Waals surface area contributed by atoms with Gasteiger partial charge in [-0.1, -0.05) is 25.4 Å². The number of ether oxygens (including phenoxy) is 1. The van der Waals surface area contributed by atoms with Crippen LogP contribution in [0.1, 0.15) is 20.3 Å². The second kappa shape index (κ2) is 8.35. The third-order valence-corrected chi connectivity index (χ3v) is 5.16. The zero-order valence-corrected chi connectivity index (χ0v) is 16.2. The van der Waals surface area contributed by atoms with Gasteiger partial charge in [0, 0.05) is 55.0 Å². The Morgan fingerprint density at radius 2 is 2.00 bits per heavy atom. The number of nitrogens with zero attached hydrogens (tertiary/aromatic N) is 3. The van der Waals surface area contributed by atoms with E-state index in [0.29, 0.717) is 12.0 Å². The topological polar surface area (TPSA) is 28.6 Å². The molecule has 0 aliphatic carbocycles. The quantitative estimate of drug-likeness (QED) is 0.775. The Hall–Kier alpha value is -1.36. The predicted molar refractivity (Wildman–Crippen MR) is 106 cm³/mol. The van der Waals surface area contributed by atoms with E-state index in [1.807, 2.05) is 18.3 Å². The molecule has 1 aromatic heterocycles. The molecule has 1 aliphatic rings. The molecule has 4 nitrogen and oxygen atoms in total. The van der Waals surface area contributed by atoms with E-state index < -0.39 is 0 Å². The van der Waals surface area contributed by atoms with Crippen molar-refractivity contribution in [3.8, 4) is 0 Å². The largest absolute Gasteiger partial charge is 0.379 e. The maximum absolute atomic E-state index is 6.14. The van der Waals surface area contributed by atoms with Gasteiger partial charge in [0.2, 0.25) is 0 Å². The number of fused-ring (bicyclic) bond motifs is 1. The van der Waals surface area contributed by atoms with Gasteiger partial charge in [0.25, 0.3) is 0 Å². The van der Waals surface area contributed by atoms with Gasteiger partial charge in [0.05, 0.1) is 18.7 Å². The number of anilines is 1. The normalized spacial score (nSPS) is 17.2. The van der Waals surface area contributed by atoms with E-state index in [2.05, 4.69) is 47.8 Å². The van der Waals surface area contributed by atoms with Gasteiger partial charge >= 0.3 is 0 Å². The molecular formula is C20H28ClN3O. The van der Waals surface area contributed by atoms with Crippen LogP contribution in [-0.4, -0.2) is 55.8 Å². The minimum Gasteiger partial charge on any atom is -0.379 e. The summed E-state index contributed by atoms with van der Waals surface area (Å²) in [6.07, 6.45) is 3.04. The van der Waals surface area contributed by atoms with Crippen LogP contribution in [-0.2, 0) is 4.74 Å². The van der Waals surface area contributed by atoms with Crippen molar-refractivity contribution >= 4 is 28.2 Å². The number of hydrogen-bond acceptors (Lipinski definition) is 4. The van der Waals surface area contributed by atoms with Crippen molar-refractivity contribution in [2.75, 3.05) is 44.8 Å². The molecule has 0 amide bonds. The second-order valence-corrected chi connectivity index (χ2v) is 7.74. The molecule has 1 atom stereocenters. The van der Waals surface area contributed by atoms with Crippen molar-refractivity contribution in [1.82, 2.24) is 9.88 Å².